The molecule has 0 fully saturated rings. The Kier molecular flexibility index (Phi) is 7.56. The lowest BCUT2D eigenvalue weighted by Crippen LogP contribution is -2.17. The van der Waals surface area contributed by atoms with Crippen molar-refractivity contribution in [2.24, 2.45) is 0 Å². The molecule has 9 aromatic rings. The minimum absolute atomic E-state index is 0.205. The van der Waals surface area contributed by atoms with Crippen LogP contribution in [0.2, 0.25) is 0 Å². The maximum absolute atomic E-state index is 2.55. The molecule has 1 aliphatic carbocycles. The van der Waals surface area contributed by atoms with Gasteiger partial charge in [-0.3, -0.25) is 0 Å². The average molecular weight is 690 g/mol. The Balaban J connectivity index is 1.28. The fourth-order valence-corrected chi connectivity index (χ4v) is 8.85. The molecule has 0 aromatic heterocycles. The second-order valence-electron chi connectivity index (χ2n) is 14.9. The first kappa shape index (κ1) is 32.0. The first-order valence-corrected chi connectivity index (χ1v) is 18.9. The summed E-state index contributed by atoms with van der Waals surface area (Å²) >= 11 is 0. The Bertz CT molecular complexity index is 2830. The highest BCUT2D eigenvalue weighted by atomic mass is 15.1. The molecule has 10 rings (SSSR count). The van der Waals surface area contributed by atoms with Gasteiger partial charge in [-0.25, -0.2) is 0 Å². The van der Waals surface area contributed by atoms with Crippen molar-refractivity contribution < 1.29 is 0 Å². The normalized spacial score (nSPS) is 12.8. The van der Waals surface area contributed by atoms with E-state index in [1.165, 1.54) is 82.9 Å². The Morgan fingerprint density at radius 2 is 0.852 bits per heavy atom. The zero-order valence-electron chi connectivity index (χ0n) is 30.5. The van der Waals surface area contributed by atoms with E-state index < -0.39 is 0 Å². The van der Waals surface area contributed by atoms with Crippen LogP contribution < -0.4 is 4.90 Å². The van der Waals surface area contributed by atoms with Gasteiger partial charge in [0.2, 0.25) is 0 Å². The highest BCUT2D eigenvalue weighted by Crippen LogP contribution is 2.55. The number of fused-ring (bicyclic) bond motifs is 6. The van der Waals surface area contributed by atoms with Gasteiger partial charge in [0.1, 0.15) is 0 Å². The monoisotopic (exact) mass is 689 g/mol. The smallest absolute Gasteiger partial charge is 0.0625 e. The highest BCUT2D eigenvalue weighted by molar-refractivity contribution is 6.22. The van der Waals surface area contributed by atoms with Crippen LogP contribution in [0.1, 0.15) is 25.0 Å². The van der Waals surface area contributed by atoms with Gasteiger partial charge in [-0.1, -0.05) is 190 Å². The minimum atomic E-state index is -0.205. The van der Waals surface area contributed by atoms with E-state index in [-0.39, 0.29) is 5.41 Å². The summed E-state index contributed by atoms with van der Waals surface area (Å²) in [4.78, 5) is 2.55. The maximum Gasteiger partial charge on any atom is 0.0625 e. The molecule has 0 N–H and O–H groups in total. The largest absolute Gasteiger partial charge is 0.309 e. The molecule has 0 spiro atoms. The van der Waals surface area contributed by atoms with Crippen LogP contribution >= 0.6 is 0 Å². The van der Waals surface area contributed by atoms with Gasteiger partial charge in [0.15, 0.2) is 0 Å². The number of rotatable bonds is 6. The van der Waals surface area contributed by atoms with Crippen molar-refractivity contribution in [3.8, 4) is 44.5 Å². The SMILES string of the molecule is CC1(C)c2cc(-c3ccccc3)ccc2-c2ccc(N(c3ccccc3-c3ccccc3)c3c(-c4ccccc4)c4ccccc4c4ccccc34)cc21. The predicted octanol–water partition coefficient (Wildman–Crippen LogP) is 14.8. The third-order valence-corrected chi connectivity index (χ3v) is 11.4. The number of anilines is 3. The molecule has 0 saturated heterocycles. The molecule has 256 valence electrons. The summed E-state index contributed by atoms with van der Waals surface area (Å²) in [5.41, 5.74) is 15.9. The van der Waals surface area contributed by atoms with E-state index in [0.717, 1.165) is 11.4 Å². The fourth-order valence-electron chi connectivity index (χ4n) is 8.85. The van der Waals surface area contributed by atoms with Crippen molar-refractivity contribution in [1.29, 1.82) is 0 Å². The van der Waals surface area contributed by atoms with Crippen molar-refractivity contribution >= 4 is 38.6 Å². The van der Waals surface area contributed by atoms with Crippen molar-refractivity contribution in [1.82, 2.24) is 0 Å². The van der Waals surface area contributed by atoms with Gasteiger partial charge in [0.25, 0.3) is 0 Å². The lowest BCUT2D eigenvalue weighted by Gasteiger charge is -2.33. The summed E-state index contributed by atoms with van der Waals surface area (Å²) in [6, 6.07) is 73.4. The molecule has 1 aliphatic rings. The van der Waals surface area contributed by atoms with Gasteiger partial charge < -0.3 is 4.90 Å². The second kappa shape index (κ2) is 12.8. The molecule has 0 atom stereocenters. The summed E-state index contributed by atoms with van der Waals surface area (Å²) in [7, 11) is 0. The van der Waals surface area contributed by atoms with Crippen LogP contribution in [0.3, 0.4) is 0 Å². The first-order valence-electron chi connectivity index (χ1n) is 18.9. The van der Waals surface area contributed by atoms with Crippen LogP contribution in [0.5, 0.6) is 0 Å². The molecule has 0 amide bonds. The van der Waals surface area contributed by atoms with Gasteiger partial charge in [0.05, 0.1) is 11.4 Å². The van der Waals surface area contributed by atoms with Gasteiger partial charge in [-0.2, -0.15) is 0 Å². The maximum atomic E-state index is 2.55. The molecular formula is C53H39N. The van der Waals surface area contributed by atoms with Crippen LogP contribution in [0.15, 0.2) is 200 Å². The Labute approximate surface area is 317 Å². The van der Waals surface area contributed by atoms with E-state index in [2.05, 4.69) is 219 Å². The van der Waals surface area contributed by atoms with Crippen molar-refractivity contribution in [3.05, 3.63) is 211 Å². The van der Waals surface area contributed by atoms with Crippen molar-refractivity contribution in [3.63, 3.8) is 0 Å². The molecule has 9 aromatic carbocycles. The van der Waals surface area contributed by atoms with Gasteiger partial charge in [0, 0.05) is 27.6 Å². The lowest BCUT2D eigenvalue weighted by atomic mass is 9.81. The summed E-state index contributed by atoms with van der Waals surface area (Å²) in [5, 5.41) is 4.95. The summed E-state index contributed by atoms with van der Waals surface area (Å²) < 4.78 is 0. The standard InChI is InChI=1S/C53H39N/c1-53(2)48-34-39(36-18-6-3-7-19-36)30-32-44(48)45-33-31-40(35-49(45)53)54(50-29-17-16-24-41(50)37-20-8-4-9-21-37)52-47-28-15-13-26-43(47)42-25-12-14-27-46(42)51(52)38-22-10-5-11-23-38/h3-35H,1-2H3. The number of hydrogen-bond donors (Lipinski definition) is 0. The zero-order chi connectivity index (χ0) is 36.2. The molecule has 0 unspecified atom stereocenters. The third-order valence-electron chi connectivity index (χ3n) is 11.4. The molecule has 54 heavy (non-hydrogen) atoms. The minimum Gasteiger partial charge on any atom is -0.309 e. The average Bonchev–Trinajstić information content (AvgIpc) is 3.46. The molecule has 0 heterocycles. The molecule has 0 bridgehead atoms. The third kappa shape index (κ3) is 5.08. The van der Waals surface area contributed by atoms with Crippen LogP contribution in [0, 0.1) is 0 Å². The van der Waals surface area contributed by atoms with Gasteiger partial charge >= 0.3 is 0 Å². The predicted molar refractivity (Wildman–Crippen MR) is 230 cm³/mol. The number of benzene rings is 9. The summed E-state index contributed by atoms with van der Waals surface area (Å²) in [6.07, 6.45) is 0. The quantitative estimate of drug-likeness (QED) is 0.157. The van der Waals surface area contributed by atoms with E-state index in [1.54, 1.807) is 0 Å². The summed E-state index contributed by atoms with van der Waals surface area (Å²) in [6.45, 7) is 4.78. The van der Waals surface area contributed by atoms with E-state index in [4.69, 9.17) is 0 Å². The van der Waals surface area contributed by atoms with Crippen LogP contribution in [0.4, 0.5) is 17.1 Å². The second-order valence-corrected chi connectivity index (χ2v) is 14.9. The van der Waals surface area contributed by atoms with E-state index in [1.807, 2.05) is 0 Å². The Hall–Kier alpha value is -6.70. The summed E-state index contributed by atoms with van der Waals surface area (Å²) in [5.74, 6) is 0. The van der Waals surface area contributed by atoms with Gasteiger partial charge in [-0.05, 0) is 84.9 Å². The Morgan fingerprint density at radius 1 is 0.352 bits per heavy atom. The molecule has 1 heteroatoms. The van der Waals surface area contributed by atoms with Crippen molar-refractivity contribution in [2.45, 2.75) is 19.3 Å². The van der Waals surface area contributed by atoms with Crippen LogP contribution in [-0.2, 0) is 5.41 Å². The van der Waals surface area contributed by atoms with E-state index in [0.29, 0.717) is 0 Å². The number of para-hydroxylation sites is 1. The number of nitrogens with zero attached hydrogens (tertiary/aromatic N) is 1. The van der Waals surface area contributed by atoms with Crippen molar-refractivity contribution in [2.75, 3.05) is 4.90 Å². The number of hydrogen-bond acceptors (Lipinski definition) is 1. The fraction of sp³-hybridized carbons (Fsp3) is 0.0566. The van der Waals surface area contributed by atoms with E-state index >= 15 is 0 Å². The van der Waals surface area contributed by atoms with Crippen LogP contribution in [0.25, 0.3) is 66.1 Å². The molecule has 0 radical (unpaired) electrons. The zero-order valence-corrected chi connectivity index (χ0v) is 30.5. The molecular weight excluding hydrogens is 651 g/mol. The lowest BCUT2D eigenvalue weighted by molar-refractivity contribution is 0.660. The van der Waals surface area contributed by atoms with E-state index in [9.17, 15) is 0 Å². The van der Waals surface area contributed by atoms with Crippen LogP contribution in [-0.4, -0.2) is 0 Å². The topological polar surface area (TPSA) is 3.24 Å². The first-order chi connectivity index (χ1) is 26.6. The highest BCUT2D eigenvalue weighted by Gasteiger charge is 2.37. The molecule has 0 saturated carbocycles. The molecule has 0 aliphatic heterocycles. The Morgan fingerprint density at radius 3 is 1.54 bits per heavy atom. The molecule has 1 nitrogen and oxygen atoms in total. The van der Waals surface area contributed by atoms with Gasteiger partial charge in [-0.15, -0.1) is 0 Å².